The highest BCUT2D eigenvalue weighted by Gasteiger charge is 2.23. The highest BCUT2D eigenvalue weighted by molar-refractivity contribution is 5.86. The van der Waals surface area contributed by atoms with Gasteiger partial charge in [-0.25, -0.2) is 0 Å². The van der Waals surface area contributed by atoms with Crippen molar-refractivity contribution in [3.05, 3.63) is 55.1 Å². The van der Waals surface area contributed by atoms with Gasteiger partial charge >= 0.3 is 0 Å². The second-order valence-corrected chi connectivity index (χ2v) is 5.04. The van der Waals surface area contributed by atoms with Gasteiger partial charge in [-0.05, 0) is 18.1 Å². The lowest BCUT2D eigenvalue weighted by molar-refractivity contribution is -0.130. The van der Waals surface area contributed by atoms with Crippen LogP contribution in [0.3, 0.4) is 0 Å². The number of hydrogen-bond acceptors (Lipinski definition) is 3. The van der Waals surface area contributed by atoms with E-state index in [-0.39, 0.29) is 18.2 Å². The molecule has 2 amide bonds. The zero-order valence-corrected chi connectivity index (χ0v) is 13.5. The summed E-state index contributed by atoms with van der Waals surface area (Å²) in [6, 6.07) is 7.49. The summed E-state index contributed by atoms with van der Waals surface area (Å²) in [5.41, 5.74) is 0.894. The minimum atomic E-state index is -0.476. The number of rotatable bonds is 10. The molecule has 0 aliphatic rings. The molecule has 1 unspecified atom stereocenters. The van der Waals surface area contributed by atoms with Gasteiger partial charge < -0.3 is 15.4 Å². The van der Waals surface area contributed by atoms with Gasteiger partial charge in [0, 0.05) is 19.5 Å². The van der Waals surface area contributed by atoms with Crippen molar-refractivity contribution in [2.24, 2.45) is 5.92 Å². The van der Waals surface area contributed by atoms with E-state index >= 15 is 0 Å². The topological polar surface area (TPSA) is 67.4 Å². The smallest absolute Gasteiger partial charge is 0.224 e. The molecule has 1 rings (SSSR count). The van der Waals surface area contributed by atoms with Gasteiger partial charge in [0.25, 0.3) is 0 Å². The van der Waals surface area contributed by atoms with Gasteiger partial charge in [-0.2, -0.15) is 0 Å². The highest BCUT2D eigenvalue weighted by Crippen LogP contribution is 2.22. The fourth-order valence-corrected chi connectivity index (χ4v) is 2.19. The normalized spacial score (nSPS) is 11.2. The van der Waals surface area contributed by atoms with Gasteiger partial charge in [-0.1, -0.05) is 30.4 Å². The summed E-state index contributed by atoms with van der Waals surface area (Å²) in [5, 5.41) is 5.45. The Morgan fingerprint density at radius 2 is 1.83 bits per heavy atom. The molecular weight excluding hydrogens is 292 g/mol. The van der Waals surface area contributed by atoms with Crippen LogP contribution in [-0.4, -0.2) is 32.0 Å². The minimum Gasteiger partial charge on any atom is -0.496 e. The van der Waals surface area contributed by atoms with E-state index in [9.17, 15) is 9.59 Å². The van der Waals surface area contributed by atoms with Crippen LogP contribution in [0, 0.1) is 5.92 Å². The average Bonchev–Trinajstić information content (AvgIpc) is 2.57. The molecule has 1 atom stereocenters. The Morgan fingerprint density at radius 1 is 1.17 bits per heavy atom. The molecule has 0 bridgehead atoms. The molecule has 5 nitrogen and oxygen atoms in total. The summed E-state index contributed by atoms with van der Waals surface area (Å²) in [7, 11) is 1.59. The number of para-hydroxylation sites is 1. The van der Waals surface area contributed by atoms with E-state index in [0.29, 0.717) is 25.3 Å². The van der Waals surface area contributed by atoms with E-state index < -0.39 is 5.92 Å². The third-order valence-electron chi connectivity index (χ3n) is 3.33. The maximum atomic E-state index is 12.3. The Bertz CT molecular complexity index is 555. The van der Waals surface area contributed by atoms with Gasteiger partial charge in [0.1, 0.15) is 5.75 Å². The summed E-state index contributed by atoms with van der Waals surface area (Å²) >= 11 is 0. The Labute approximate surface area is 137 Å². The molecule has 2 N–H and O–H groups in total. The molecule has 5 heteroatoms. The number of benzene rings is 1. The molecule has 0 aromatic heterocycles. The van der Waals surface area contributed by atoms with Gasteiger partial charge in [0.15, 0.2) is 0 Å². The molecule has 124 valence electrons. The van der Waals surface area contributed by atoms with Crippen LogP contribution in [-0.2, 0) is 16.0 Å². The maximum absolute atomic E-state index is 12.3. The SMILES string of the molecule is C=CCNC(=O)CC(Cc1ccccc1OC)C(=O)NCC=C. The molecule has 1 aromatic rings. The van der Waals surface area contributed by atoms with Crippen molar-refractivity contribution >= 4 is 11.8 Å². The second kappa shape index (κ2) is 10.2. The van der Waals surface area contributed by atoms with Gasteiger partial charge in [-0.3, -0.25) is 9.59 Å². The van der Waals surface area contributed by atoms with Crippen molar-refractivity contribution in [3.63, 3.8) is 0 Å². The van der Waals surface area contributed by atoms with E-state index in [1.54, 1.807) is 19.3 Å². The largest absolute Gasteiger partial charge is 0.496 e. The molecule has 0 saturated heterocycles. The third-order valence-corrected chi connectivity index (χ3v) is 3.33. The van der Waals surface area contributed by atoms with Crippen LogP contribution >= 0.6 is 0 Å². The second-order valence-electron chi connectivity index (χ2n) is 5.04. The molecule has 0 spiro atoms. The standard InChI is InChI=1S/C18H24N2O3/c1-4-10-19-17(21)13-15(18(22)20-11-5-2)12-14-8-6-7-9-16(14)23-3/h4-9,15H,1-2,10-13H2,3H3,(H,19,21)(H,20,22). The monoisotopic (exact) mass is 316 g/mol. The Hall–Kier alpha value is -2.56. The number of nitrogens with one attached hydrogen (secondary N) is 2. The molecule has 0 saturated carbocycles. The quantitative estimate of drug-likeness (QED) is 0.647. The summed E-state index contributed by atoms with van der Waals surface area (Å²) in [6.07, 6.45) is 3.74. The lowest BCUT2D eigenvalue weighted by atomic mass is 9.94. The number of hydrogen-bond donors (Lipinski definition) is 2. The lowest BCUT2D eigenvalue weighted by Crippen LogP contribution is -2.36. The highest BCUT2D eigenvalue weighted by atomic mass is 16.5. The lowest BCUT2D eigenvalue weighted by Gasteiger charge is -2.17. The number of carbonyl (C=O) groups is 2. The van der Waals surface area contributed by atoms with Crippen molar-refractivity contribution in [3.8, 4) is 5.75 Å². The van der Waals surface area contributed by atoms with Crippen molar-refractivity contribution in [2.75, 3.05) is 20.2 Å². The molecule has 0 heterocycles. The van der Waals surface area contributed by atoms with Gasteiger partial charge in [0.05, 0.1) is 13.0 Å². The first-order chi connectivity index (χ1) is 11.1. The molecular formula is C18H24N2O3. The third kappa shape index (κ3) is 6.38. The predicted octanol–water partition coefficient (Wildman–Crippen LogP) is 1.85. The number of carbonyl (C=O) groups excluding carboxylic acids is 2. The summed E-state index contributed by atoms with van der Waals surface area (Å²) < 4.78 is 5.32. The maximum Gasteiger partial charge on any atom is 0.224 e. The van der Waals surface area contributed by atoms with Crippen LogP contribution in [0.2, 0.25) is 0 Å². The van der Waals surface area contributed by atoms with Crippen LogP contribution in [0.5, 0.6) is 5.75 Å². The predicted molar refractivity (Wildman–Crippen MR) is 91.2 cm³/mol. The van der Waals surface area contributed by atoms with Crippen molar-refractivity contribution < 1.29 is 14.3 Å². The van der Waals surface area contributed by atoms with Crippen molar-refractivity contribution in [2.45, 2.75) is 12.8 Å². The minimum absolute atomic E-state index is 0.106. The first-order valence-corrected chi connectivity index (χ1v) is 7.50. The Kier molecular flexibility index (Phi) is 8.21. The molecule has 0 fully saturated rings. The first-order valence-electron chi connectivity index (χ1n) is 7.50. The number of ether oxygens (including phenoxy) is 1. The molecule has 1 aromatic carbocycles. The summed E-state index contributed by atoms with van der Waals surface area (Å²) in [5.74, 6) is -0.125. The summed E-state index contributed by atoms with van der Waals surface area (Å²) in [4.78, 5) is 24.3. The van der Waals surface area contributed by atoms with Crippen LogP contribution in [0.1, 0.15) is 12.0 Å². The van der Waals surface area contributed by atoms with Crippen LogP contribution in [0.25, 0.3) is 0 Å². The van der Waals surface area contributed by atoms with Crippen molar-refractivity contribution in [1.29, 1.82) is 0 Å². The van der Waals surface area contributed by atoms with E-state index in [1.165, 1.54) is 0 Å². The van der Waals surface area contributed by atoms with Crippen molar-refractivity contribution in [1.82, 2.24) is 10.6 Å². The van der Waals surface area contributed by atoms with E-state index in [0.717, 1.165) is 5.56 Å². The average molecular weight is 316 g/mol. The van der Waals surface area contributed by atoms with Crippen LogP contribution < -0.4 is 15.4 Å². The Balaban J connectivity index is 2.85. The zero-order valence-electron chi connectivity index (χ0n) is 13.5. The van der Waals surface area contributed by atoms with E-state index in [1.807, 2.05) is 24.3 Å². The fraction of sp³-hybridized carbons (Fsp3) is 0.333. The molecule has 0 aliphatic heterocycles. The summed E-state index contributed by atoms with van der Waals surface area (Å²) in [6.45, 7) is 7.89. The fourth-order valence-electron chi connectivity index (χ4n) is 2.19. The van der Waals surface area contributed by atoms with Crippen LogP contribution in [0.4, 0.5) is 0 Å². The zero-order chi connectivity index (χ0) is 17.1. The number of amides is 2. The van der Waals surface area contributed by atoms with E-state index in [2.05, 4.69) is 23.8 Å². The first kappa shape index (κ1) is 18.5. The van der Waals surface area contributed by atoms with Gasteiger partial charge in [-0.15, -0.1) is 13.2 Å². The molecule has 23 heavy (non-hydrogen) atoms. The van der Waals surface area contributed by atoms with Gasteiger partial charge in [0.2, 0.25) is 11.8 Å². The van der Waals surface area contributed by atoms with Crippen LogP contribution in [0.15, 0.2) is 49.6 Å². The molecule has 0 radical (unpaired) electrons. The van der Waals surface area contributed by atoms with E-state index in [4.69, 9.17) is 4.74 Å². The Morgan fingerprint density at radius 3 is 2.48 bits per heavy atom. The molecule has 0 aliphatic carbocycles. The number of methoxy groups -OCH3 is 1.